The number of aliphatic imine (C=N–C) groups is 1. The number of sulfonamides is 1. The van der Waals surface area contributed by atoms with E-state index in [0.717, 1.165) is 54.7 Å². The van der Waals surface area contributed by atoms with Crippen LogP contribution in [-0.2, 0) is 19.6 Å². The number of benzene rings is 2. The summed E-state index contributed by atoms with van der Waals surface area (Å²) in [6.45, 7) is 5.33. The normalized spacial score (nSPS) is 20.0. The second-order valence-corrected chi connectivity index (χ2v) is 13.6. The minimum Gasteiger partial charge on any atom is -0.406 e. The number of piperidine rings is 2. The van der Waals surface area contributed by atoms with Crippen molar-refractivity contribution in [3.63, 3.8) is 0 Å². The zero-order chi connectivity index (χ0) is 32.6. The van der Waals surface area contributed by atoms with Gasteiger partial charge in [-0.25, -0.2) is 8.42 Å². The van der Waals surface area contributed by atoms with Gasteiger partial charge in [0.05, 0.1) is 0 Å². The van der Waals surface area contributed by atoms with Crippen molar-refractivity contribution >= 4 is 39.4 Å². The molecule has 0 aromatic heterocycles. The molecular weight excluding hydrogens is 611 g/mol. The average Bonchev–Trinajstić information content (AvgIpc) is 3.28. The molecule has 242 valence electrons. The van der Waals surface area contributed by atoms with E-state index in [1.165, 1.54) is 22.5 Å². The van der Waals surface area contributed by atoms with E-state index in [2.05, 4.69) is 27.0 Å². The second-order valence-electron chi connectivity index (χ2n) is 11.7. The number of ether oxygens (including phenoxy) is 1. The maximum atomic E-state index is 13.2. The SMILES string of the molecule is CC(=O)N(c1ccc(/C=C/S(=O)(=O)N2CCC3(CC2)N=C(c2cccc(OC(F)(F)F)c2)NC3=O)c(C)c1)C1CCN(C)CC1. The standard InChI is InChI=1S/C31H36F3N5O5S/c1-21-19-26(39(22(2)40)25-9-14-37(3)15-10-25)8-7-23(21)11-18-45(42,43)38-16-12-30(13-17-38)29(41)35-28(36-30)24-5-4-6-27(20-24)44-31(32,33)34/h4-8,11,18-20,25H,9-10,12-17H2,1-3H3,(H,35,36,41)/b18-11+. The topological polar surface area (TPSA) is 112 Å². The Bertz CT molecular complexity index is 1630. The number of aryl methyl sites for hydroxylation is 1. The largest absolute Gasteiger partial charge is 0.573 e. The lowest BCUT2D eigenvalue weighted by Crippen LogP contribution is -2.50. The van der Waals surface area contributed by atoms with Crippen LogP contribution in [0, 0.1) is 6.92 Å². The fourth-order valence-electron chi connectivity index (χ4n) is 6.09. The third-order valence-electron chi connectivity index (χ3n) is 8.57. The first kappa shape index (κ1) is 32.6. The van der Waals surface area contributed by atoms with Crippen LogP contribution >= 0.6 is 0 Å². The highest BCUT2D eigenvalue weighted by Gasteiger charge is 2.47. The Morgan fingerprint density at radius 1 is 1.11 bits per heavy atom. The number of nitrogens with one attached hydrogen (secondary N) is 1. The molecule has 0 atom stereocenters. The van der Waals surface area contributed by atoms with Crippen LogP contribution in [0.1, 0.15) is 49.3 Å². The van der Waals surface area contributed by atoms with Gasteiger partial charge in [0.15, 0.2) is 0 Å². The van der Waals surface area contributed by atoms with Gasteiger partial charge in [-0.1, -0.05) is 18.2 Å². The molecule has 1 N–H and O–H groups in total. The van der Waals surface area contributed by atoms with Crippen LogP contribution in [0.25, 0.3) is 6.08 Å². The quantitative estimate of drug-likeness (QED) is 0.486. The number of alkyl halides is 3. The molecule has 2 aromatic rings. The summed E-state index contributed by atoms with van der Waals surface area (Å²) in [5, 5.41) is 3.78. The minimum atomic E-state index is -4.86. The highest BCUT2D eigenvalue weighted by atomic mass is 32.2. The van der Waals surface area contributed by atoms with Gasteiger partial charge in [-0.05, 0) is 94.2 Å². The van der Waals surface area contributed by atoms with Gasteiger partial charge in [-0.3, -0.25) is 14.6 Å². The smallest absolute Gasteiger partial charge is 0.406 e. The van der Waals surface area contributed by atoms with E-state index < -0.39 is 33.6 Å². The van der Waals surface area contributed by atoms with Crippen molar-refractivity contribution in [2.75, 3.05) is 38.1 Å². The summed E-state index contributed by atoms with van der Waals surface area (Å²) in [6.07, 6.45) is -1.35. The van der Waals surface area contributed by atoms with Crippen LogP contribution < -0.4 is 15.0 Å². The third kappa shape index (κ3) is 7.39. The number of nitrogens with zero attached hydrogens (tertiary/aromatic N) is 4. The first-order chi connectivity index (χ1) is 21.2. The zero-order valence-electron chi connectivity index (χ0n) is 25.3. The first-order valence-electron chi connectivity index (χ1n) is 14.7. The molecule has 2 saturated heterocycles. The molecule has 0 bridgehead atoms. The molecule has 3 aliphatic rings. The molecule has 3 aliphatic heterocycles. The van der Waals surface area contributed by atoms with E-state index in [-0.39, 0.29) is 49.3 Å². The summed E-state index contributed by atoms with van der Waals surface area (Å²) >= 11 is 0. The van der Waals surface area contributed by atoms with Crippen molar-refractivity contribution in [2.45, 2.75) is 57.5 Å². The van der Waals surface area contributed by atoms with E-state index in [0.29, 0.717) is 5.56 Å². The molecule has 1 spiro atoms. The van der Waals surface area contributed by atoms with Gasteiger partial charge in [0, 0.05) is 42.7 Å². The molecule has 2 amide bonds. The molecule has 0 radical (unpaired) electrons. The van der Waals surface area contributed by atoms with Gasteiger partial charge in [0.2, 0.25) is 15.9 Å². The van der Waals surface area contributed by atoms with Crippen molar-refractivity contribution in [1.29, 1.82) is 0 Å². The van der Waals surface area contributed by atoms with E-state index in [4.69, 9.17) is 0 Å². The summed E-state index contributed by atoms with van der Waals surface area (Å²) in [4.78, 5) is 34.1. The number of likely N-dealkylation sites (tertiary alicyclic amines) is 1. The fraction of sp³-hybridized carbons (Fsp3) is 0.452. The minimum absolute atomic E-state index is 0.0333. The van der Waals surface area contributed by atoms with Crippen LogP contribution in [0.3, 0.4) is 0 Å². The highest BCUT2D eigenvalue weighted by molar-refractivity contribution is 7.92. The van der Waals surface area contributed by atoms with Gasteiger partial charge in [-0.15, -0.1) is 13.2 Å². The fourth-order valence-corrected chi connectivity index (χ4v) is 7.27. The number of amidine groups is 1. The molecule has 0 unspecified atom stereocenters. The van der Waals surface area contributed by atoms with Gasteiger partial charge < -0.3 is 19.9 Å². The molecular formula is C31H36F3N5O5S. The molecule has 2 aromatic carbocycles. The monoisotopic (exact) mass is 647 g/mol. The van der Waals surface area contributed by atoms with E-state index in [1.807, 2.05) is 24.0 Å². The molecule has 14 heteroatoms. The van der Waals surface area contributed by atoms with E-state index >= 15 is 0 Å². The first-order valence-corrected chi connectivity index (χ1v) is 16.2. The molecule has 0 aliphatic carbocycles. The van der Waals surface area contributed by atoms with Gasteiger partial charge in [0.1, 0.15) is 17.1 Å². The zero-order valence-corrected chi connectivity index (χ0v) is 26.1. The van der Waals surface area contributed by atoms with E-state index in [9.17, 15) is 31.2 Å². The summed E-state index contributed by atoms with van der Waals surface area (Å²) in [5.41, 5.74) is 1.34. The van der Waals surface area contributed by atoms with Crippen LogP contribution in [0.5, 0.6) is 5.75 Å². The van der Waals surface area contributed by atoms with Crippen LogP contribution in [0.2, 0.25) is 0 Å². The number of hydrogen-bond donors (Lipinski definition) is 1. The van der Waals surface area contributed by atoms with Gasteiger partial charge in [0.25, 0.3) is 5.91 Å². The Kier molecular flexibility index (Phi) is 9.11. The van der Waals surface area contributed by atoms with Crippen molar-refractivity contribution in [2.24, 2.45) is 4.99 Å². The molecule has 10 nitrogen and oxygen atoms in total. The Labute approximate surface area is 260 Å². The van der Waals surface area contributed by atoms with Gasteiger partial charge >= 0.3 is 6.36 Å². The lowest BCUT2D eigenvalue weighted by Gasteiger charge is -2.37. The Hall–Kier alpha value is -3.75. The molecule has 2 fully saturated rings. The summed E-state index contributed by atoms with van der Waals surface area (Å²) in [5.74, 6) is -0.789. The lowest BCUT2D eigenvalue weighted by molar-refractivity contribution is -0.274. The summed E-state index contributed by atoms with van der Waals surface area (Å²) in [6, 6.07) is 10.8. The maximum Gasteiger partial charge on any atom is 0.573 e. The van der Waals surface area contributed by atoms with Gasteiger partial charge in [-0.2, -0.15) is 4.31 Å². The Morgan fingerprint density at radius 3 is 2.42 bits per heavy atom. The number of rotatable bonds is 7. The lowest BCUT2D eigenvalue weighted by atomic mass is 9.89. The highest BCUT2D eigenvalue weighted by Crippen LogP contribution is 2.33. The molecule has 5 rings (SSSR count). The Morgan fingerprint density at radius 2 is 1.80 bits per heavy atom. The number of carbonyl (C=O) groups is 2. The summed E-state index contributed by atoms with van der Waals surface area (Å²) in [7, 11) is -1.77. The van der Waals surface area contributed by atoms with Crippen molar-refractivity contribution < 1.29 is 35.9 Å². The van der Waals surface area contributed by atoms with Crippen molar-refractivity contribution in [3.8, 4) is 5.75 Å². The average molecular weight is 648 g/mol. The van der Waals surface area contributed by atoms with E-state index in [1.54, 1.807) is 13.0 Å². The number of carbonyl (C=O) groups excluding carboxylic acids is 2. The van der Waals surface area contributed by atoms with Crippen LogP contribution in [0.4, 0.5) is 18.9 Å². The summed E-state index contributed by atoms with van der Waals surface area (Å²) < 4.78 is 69.7. The Balaban J connectivity index is 1.25. The van der Waals surface area contributed by atoms with Crippen LogP contribution in [0.15, 0.2) is 52.9 Å². The predicted octanol–water partition coefficient (Wildman–Crippen LogP) is 4.05. The van der Waals surface area contributed by atoms with Crippen molar-refractivity contribution in [1.82, 2.24) is 14.5 Å². The molecule has 0 saturated carbocycles. The maximum absolute atomic E-state index is 13.2. The number of halogens is 3. The second kappa shape index (κ2) is 12.6. The molecule has 3 heterocycles. The van der Waals surface area contributed by atoms with Crippen molar-refractivity contribution in [3.05, 3.63) is 64.6 Å². The number of anilines is 1. The number of amides is 2. The predicted molar refractivity (Wildman–Crippen MR) is 164 cm³/mol. The number of hydrogen-bond acceptors (Lipinski definition) is 7. The third-order valence-corrected chi connectivity index (χ3v) is 10.1. The van der Waals surface area contributed by atoms with Crippen LogP contribution in [-0.4, -0.2) is 86.4 Å². The molecule has 45 heavy (non-hydrogen) atoms.